The van der Waals surface area contributed by atoms with Gasteiger partial charge in [-0.15, -0.1) is 0 Å². The van der Waals surface area contributed by atoms with Gasteiger partial charge in [0.1, 0.15) is 0 Å². The van der Waals surface area contributed by atoms with Crippen LogP contribution >= 0.6 is 0 Å². The summed E-state index contributed by atoms with van der Waals surface area (Å²) in [5.74, 6) is 0.214. The van der Waals surface area contributed by atoms with Crippen LogP contribution in [0.1, 0.15) is 38.3 Å². The fourth-order valence-electron chi connectivity index (χ4n) is 4.14. The summed E-state index contributed by atoms with van der Waals surface area (Å²) >= 11 is 0. The van der Waals surface area contributed by atoms with Gasteiger partial charge in [-0.3, -0.25) is 4.79 Å². The van der Waals surface area contributed by atoms with Crippen molar-refractivity contribution in [3.05, 3.63) is 48.0 Å². The maximum absolute atomic E-state index is 11.3. The van der Waals surface area contributed by atoms with Crippen molar-refractivity contribution < 1.29 is 9.90 Å². The van der Waals surface area contributed by atoms with Gasteiger partial charge in [0.15, 0.2) is 0 Å². The number of carbonyl (C=O) groups is 1. The largest absolute Gasteiger partial charge is 0.481 e. The number of nitrogens with zero attached hydrogens (tertiary/aromatic N) is 4. The molecule has 0 radical (unpaired) electrons. The summed E-state index contributed by atoms with van der Waals surface area (Å²) in [7, 11) is 0. The predicted molar refractivity (Wildman–Crippen MR) is 122 cm³/mol. The van der Waals surface area contributed by atoms with Gasteiger partial charge in [0.05, 0.1) is 12.0 Å². The number of aliphatic carboxylic acids is 1. The number of carboxylic acids is 1. The first-order chi connectivity index (χ1) is 14.9. The number of fused-ring (bicyclic) bond motifs is 1. The number of benzene rings is 2. The highest BCUT2D eigenvalue weighted by molar-refractivity contribution is 5.83. The maximum atomic E-state index is 11.3. The van der Waals surface area contributed by atoms with Crippen molar-refractivity contribution in [1.82, 2.24) is 15.0 Å². The van der Waals surface area contributed by atoms with Gasteiger partial charge in [-0.2, -0.15) is 15.0 Å². The molecule has 31 heavy (non-hydrogen) atoms. The minimum Gasteiger partial charge on any atom is -0.481 e. The normalized spacial score (nSPS) is 16.8. The van der Waals surface area contributed by atoms with E-state index in [1.807, 2.05) is 12.1 Å². The van der Waals surface area contributed by atoms with E-state index < -0.39 is 5.97 Å². The Morgan fingerprint density at radius 3 is 2.52 bits per heavy atom. The summed E-state index contributed by atoms with van der Waals surface area (Å²) in [4.78, 5) is 26.5. The van der Waals surface area contributed by atoms with E-state index in [0.717, 1.165) is 18.4 Å². The second-order valence-corrected chi connectivity index (χ2v) is 8.24. The van der Waals surface area contributed by atoms with Crippen molar-refractivity contribution in [2.45, 2.75) is 32.7 Å². The van der Waals surface area contributed by atoms with E-state index in [-0.39, 0.29) is 23.8 Å². The smallest absolute Gasteiger partial charge is 0.306 e. The van der Waals surface area contributed by atoms with Crippen molar-refractivity contribution in [2.24, 2.45) is 11.8 Å². The molecular weight excluding hydrogens is 392 g/mol. The Morgan fingerprint density at radius 1 is 1.10 bits per heavy atom. The zero-order valence-corrected chi connectivity index (χ0v) is 17.8. The minimum atomic E-state index is -0.739. The third-order valence-corrected chi connectivity index (χ3v) is 6.18. The molecule has 1 fully saturated rings. The Balaban J connectivity index is 1.47. The van der Waals surface area contributed by atoms with Crippen LogP contribution in [0.25, 0.3) is 10.8 Å². The highest BCUT2D eigenvalue weighted by atomic mass is 16.4. The molecule has 1 aromatic heterocycles. The number of nitrogens with one attached hydrogen (secondary N) is 1. The molecule has 1 saturated heterocycles. The molecule has 1 aliphatic rings. The number of rotatable bonds is 6. The van der Waals surface area contributed by atoms with Crippen LogP contribution < -0.4 is 16.0 Å². The second kappa shape index (κ2) is 8.75. The van der Waals surface area contributed by atoms with Crippen molar-refractivity contribution in [2.75, 3.05) is 29.0 Å². The summed E-state index contributed by atoms with van der Waals surface area (Å²) in [5, 5.41) is 15.0. The number of aromatic nitrogens is 3. The van der Waals surface area contributed by atoms with Crippen LogP contribution in [-0.4, -0.2) is 39.1 Å². The Morgan fingerprint density at radius 2 is 1.81 bits per heavy atom. The summed E-state index contributed by atoms with van der Waals surface area (Å²) in [5.41, 5.74) is 7.09. The van der Waals surface area contributed by atoms with Gasteiger partial charge >= 0.3 is 5.97 Å². The molecule has 0 bridgehead atoms. The number of piperidine rings is 1. The molecule has 4 rings (SSSR count). The summed E-state index contributed by atoms with van der Waals surface area (Å²) < 4.78 is 0. The van der Waals surface area contributed by atoms with Crippen LogP contribution in [0.4, 0.5) is 17.8 Å². The van der Waals surface area contributed by atoms with E-state index in [1.54, 1.807) is 6.92 Å². The summed E-state index contributed by atoms with van der Waals surface area (Å²) in [6.45, 7) is 5.24. The molecule has 162 valence electrons. The predicted octanol–water partition coefficient (Wildman–Crippen LogP) is 3.72. The molecule has 0 saturated carbocycles. The van der Waals surface area contributed by atoms with Crippen molar-refractivity contribution in [3.63, 3.8) is 0 Å². The zero-order valence-electron chi connectivity index (χ0n) is 17.8. The third kappa shape index (κ3) is 4.68. The lowest BCUT2D eigenvalue weighted by atomic mass is 9.85. The molecule has 0 amide bonds. The molecule has 8 heteroatoms. The summed E-state index contributed by atoms with van der Waals surface area (Å²) in [6, 6.07) is 14.6. The highest BCUT2D eigenvalue weighted by Crippen LogP contribution is 2.28. The van der Waals surface area contributed by atoms with Crippen molar-refractivity contribution in [1.29, 1.82) is 0 Å². The molecule has 2 atom stereocenters. The van der Waals surface area contributed by atoms with Crippen LogP contribution in [0.3, 0.4) is 0 Å². The lowest BCUT2D eigenvalue weighted by Crippen LogP contribution is -2.38. The summed E-state index contributed by atoms with van der Waals surface area (Å²) in [6.07, 6.45) is 1.57. The number of hydrogen-bond acceptors (Lipinski definition) is 7. The van der Waals surface area contributed by atoms with Gasteiger partial charge in [0.2, 0.25) is 17.8 Å². The molecule has 3 aromatic rings. The van der Waals surface area contributed by atoms with Crippen LogP contribution in [0.2, 0.25) is 0 Å². The van der Waals surface area contributed by atoms with E-state index in [4.69, 9.17) is 5.73 Å². The first-order valence-corrected chi connectivity index (χ1v) is 10.7. The van der Waals surface area contributed by atoms with Crippen molar-refractivity contribution >= 4 is 34.6 Å². The molecule has 0 aliphatic carbocycles. The van der Waals surface area contributed by atoms with Gasteiger partial charge in [0.25, 0.3) is 0 Å². The molecule has 2 aromatic carbocycles. The number of nitrogen functional groups attached to an aromatic ring is 1. The molecule has 2 heterocycles. The SMILES string of the molecule is CC(C(=O)O)C1CCN(c2nc(N)nc(N[C@H](C)c3ccc4ccccc4c3)n2)CC1. The van der Waals surface area contributed by atoms with Gasteiger partial charge in [0, 0.05) is 13.1 Å². The average molecular weight is 421 g/mol. The Labute approximate surface area is 181 Å². The molecule has 0 spiro atoms. The van der Waals surface area contributed by atoms with Crippen molar-refractivity contribution in [3.8, 4) is 0 Å². The molecular formula is C23H28N6O2. The number of carboxylic acid groups (broad SMARTS) is 1. The average Bonchev–Trinajstić information content (AvgIpc) is 2.78. The van der Waals surface area contributed by atoms with E-state index in [2.05, 4.69) is 62.4 Å². The third-order valence-electron chi connectivity index (χ3n) is 6.18. The van der Waals surface area contributed by atoms with Crippen LogP contribution in [0.5, 0.6) is 0 Å². The number of hydrogen-bond donors (Lipinski definition) is 3. The van der Waals surface area contributed by atoms with E-state index in [0.29, 0.717) is 25.0 Å². The maximum Gasteiger partial charge on any atom is 0.306 e. The second-order valence-electron chi connectivity index (χ2n) is 8.24. The van der Waals surface area contributed by atoms with E-state index in [9.17, 15) is 9.90 Å². The van der Waals surface area contributed by atoms with Gasteiger partial charge in [-0.25, -0.2) is 0 Å². The highest BCUT2D eigenvalue weighted by Gasteiger charge is 2.29. The first-order valence-electron chi connectivity index (χ1n) is 10.7. The van der Waals surface area contributed by atoms with Crippen LogP contribution in [0, 0.1) is 11.8 Å². The fourth-order valence-corrected chi connectivity index (χ4v) is 4.14. The van der Waals surface area contributed by atoms with Gasteiger partial charge in [-0.05, 0) is 48.1 Å². The lowest BCUT2D eigenvalue weighted by Gasteiger charge is -2.33. The van der Waals surface area contributed by atoms with Crippen LogP contribution in [-0.2, 0) is 4.79 Å². The minimum absolute atomic E-state index is 0.0126. The number of anilines is 3. The number of nitrogens with two attached hydrogens (primary N) is 1. The zero-order chi connectivity index (χ0) is 22.0. The Bertz CT molecular complexity index is 1080. The first kappa shape index (κ1) is 20.8. The van der Waals surface area contributed by atoms with Gasteiger partial charge in [-0.1, -0.05) is 43.3 Å². The molecule has 4 N–H and O–H groups in total. The fraction of sp³-hybridized carbons (Fsp3) is 0.391. The van der Waals surface area contributed by atoms with E-state index >= 15 is 0 Å². The standard InChI is InChI=1S/C23H28N6O2/c1-14(20(30)31)16-9-11-29(12-10-16)23-27-21(24)26-22(28-23)25-15(2)18-8-7-17-5-3-4-6-19(17)13-18/h3-8,13-16H,9-12H2,1-2H3,(H,30,31)(H3,24,25,26,27,28)/t14?,15-/m1/s1. The van der Waals surface area contributed by atoms with Crippen LogP contribution in [0.15, 0.2) is 42.5 Å². The lowest BCUT2D eigenvalue weighted by molar-refractivity contribution is -0.143. The quantitative estimate of drug-likeness (QED) is 0.552. The molecule has 1 unspecified atom stereocenters. The topological polar surface area (TPSA) is 117 Å². The van der Waals surface area contributed by atoms with Gasteiger partial charge < -0.3 is 21.1 Å². The van der Waals surface area contributed by atoms with E-state index in [1.165, 1.54) is 10.8 Å². The molecule has 1 aliphatic heterocycles. The Hall–Kier alpha value is -3.42. The Kier molecular flexibility index (Phi) is 5.88. The molecule has 8 nitrogen and oxygen atoms in total. The monoisotopic (exact) mass is 420 g/mol.